The maximum absolute atomic E-state index is 11.8. The molecule has 0 aliphatic rings. The average Bonchev–Trinajstić information content (AvgIpc) is 2.77. The molecule has 0 unspecified atom stereocenters. The third kappa shape index (κ3) is 3.44. The van der Waals surface area contributed by atoms with E-state index in [-0.39, 0.29) is 25.1 Å². The predicted octanol–water partition coefficient (Wildman–Crippen LogP) is 1.74. The Balaban J connectivity index is 2.31. The average molecular weight is 353 g/mol. The molecule has 106 valence electrons. The van der Waals surface area contributed by atoms with Gasteiger partial charge in [-0.3, -0.25) is 4.79 Å². The topological polar surface area (TPSA) is 115 Å². The number of carbonyl (C=O) groups is 1. The standard InChI is InChI=1S/C9H6Cl2N4O3S2/c10-5-2-1-4(20(12,17)18)3-6(5)13-7(16)8-14-15-9(11)19-8/h1-3H,(H,13,16)(H2,12,17,18). The highest BCUT2D eigenvalue weighted by Crippen LogP contribution is 2.26. The molecule has 1 amide bonds. The second kappa shape index (κ2) is 5.62. The first-order valence-corrected chi connectivity index (χ1v) is 8.02. The van der Waals surface area contributed by atoms with Crippen molar-refractivity contribution in [1.82, 2.24) is 10.2 Å². The molecule has 7 nitrogen and oxygen atoms in total. The minimum absolute atomic E-state index is 0.0204. The molecule has 0 saturated carbocycles. The van der Waals surface area contributed by atoms with Gasteiger partial charge in [0.1, 0.15) is 0 Å². The van der Waals surface area contributed by atoms with Gasteiger partial charge in [0.05, 0.1) is 15.6 Å². The van der Waals surface area contributed by atoms with Gasteiger partial charge in [-0.1, -0.05) is 22.9 Å². The summed E-state index contributed by atoms with van der Waals surface area (Å²) < 4.78 is 22.6. The van der Waals surface area contributed by atoms with Crippen molar-refractivity contribution in [2.75, 3.05) is 5.32 Å². The molecule has 0 radical (unpaired) electrons. The number of nitrogens with zero attached hydrogens (tertiary/aromatic N) is 2. The quantitative estimate of drug-likeness (QED) is 0.872. The van der Waals surface area contributed by atoms with Crippen molar-refractivity contribution in [2.45, 2.75) is 4.90 Å². The van der Waals surface area contributed by atoms with Gasteiger partial charge in [0.15, 0.2) is 0 Å². The molecule has 1 aromatic carbocycles. The summed E-state index contributed by atoms with van der Waals surface area (Å²) in [7, 11) is -3.89. The summed E-state index contributed by atoms with van der Waals surface area (Å²) in [5.41, 5.74) is 0.0921. The van der Waals surface area contributed by atoms with Crippen LogP contribution < -0.4 is 10.5 Å². The molecule has 2 rings (SSSR count). The Morgan fingerprint density at radius 1 is 1.30 bits per heavy atom. The van der Waals surface area contributed by atoms with E-state index in [1.807, 2.05) is 0 Å². The highest BCUT2D eigenvalue weighted by atomic mass is 35.5. The molecule has 0 fully saturated rings. The Morgan fingerprint density at radius 3 is 2.55 bits per heavy atom. The first kappa shape index (κ1) is 15.1. The number of aromatic nitrogens is 2. The van der Waals surface area contributed by atoms with E-state index in [1.165, 1.54) is 12.1 Å². The Bertz CT molecular complexity index is 775. The van der Waals surface area contributed by atoms with Gasteiger partial charge in [0.25, 0.3) is 5.91 Å². The van der Waals surface area contributed by atoms with Crippen LogP contribution in [0, 0.1) is 0 Å². The summed E-state index contributed by atoms with van der Waals surface area (Å²) >= 11 is 12.3. The minimum atomic E-state index is -3.89. The minimum Gasteiger partial charge on any atom is -0.318 e. The van der Waals surface area contributed by atoms with E-state index in [2.05, 4.69) is 15.5 Å². The monoisotopic (exact) mass is 352 g/mol. The molecular formula is C9H6Cl2N4O3S2. The number of nitrogens with one attached hydrogen (secondary N) is 1. The Morgan fingerprint density at radius 2 is 2.00 bits per heavy atom. The van der Waals surface area contributed by atoms with Crippen molar-refractivity contribution >= 4 is 56.2 Å². The number of hydrogen-bond donors (Lipinski definition) is 2. The number of rotatable bonds is 3. The van der Waals surface area contributed by atoms with E-state index < -0.39 is 15.9 Å². The Hall–Kier alpha value is -1.26. The van der Waals surface area contributed by atoms with Gasteiger partial charge in [0.2, 0.25) is 19.5 Å². The van der Waals surface area contributed by atoms with Gasteiger partial charge < -0.3 is 5.32 Å². The lowest BCUT2D eigenvalue weighted by molar-refractivity contribution is 0.102. The number of halogens is 2. The summed E-state index contributed by atoms with van der Waals surface area (Å²) in [5, 5.41) is 14.6. The van der Waals surface area contributed by atoms with Crippen LogP contribution >= 0.6 is 34.5 Å². The fraction of sp³-hybridized carbons (Fsp3) is 0. The molecule has 20 heavy (non-hydrogen) atoms. The van der Waals surface area contributed by atoms with Crippen molar-refractivity contribution < 1.29 is 13.2 Å². The number of benzene rings is 1. The van der Waals surface area contributed by atoms with Crippen LogP contribution in [0.1, 0.15) is 9.80 Å². The van der Waals surface area contributed by atoms with Gasteiger partial charge in [0, 0.05) is 0 Å². The molecule has 0 bridgehead atoms. The van der Waals surface area contributed by atoms with Gasteiger partial charge in [-0.2, -0.15) is 0 Å². The number of amides is 1. The zero-order valence-electron chi connectivity index (χ0n) is 9.50. The lowest BCUT2D eigenvalue weighted by Gasteiger charge is -2.07. The number of sulfonamides is 1. The zero-order valence-corrected chi connectivity index (χ0v) is 12.6. The van der Waals surface area contributed by atoms with Crippen molar-refractivity contribution in [2.24, 2.45) is 5.14 Å². The first-order chi connectivity index (χ1) is 9.27. The van der Waals surface area contributed by atoms with Gasteiger partial charge >= 0.3 is 0 Å². The summed E-state index contributed by atoms with van der Waals surface area (Å²) in [5.74, 6) is -0.608. The van der Waals surface area contributed by atoms with Crippen LogP contribution in [0.2, 0.25) is 9.49 Å². The van der Waals surface area contributed by atoms with Crippen LogP contribution in [0.4, 0.5) is 5.69 Å². The van der Waals surface area contributed by atoms with Crippen molar-refractivity contribution in [1.29, 1.82) is 0 Å². The van der Waals surface area contributed by atoms with E-state index in [1.54, 1.807) is 0 Å². The molecule has 0 atom stereocenters. The lowest BCUT2D eigenvalue weighted by atomic mass is 10.3. The van der Waals surface area contributed by atoms with Crippen molar-refractivity contribution in [3.63, 3.8) is 0 Å². The predicted molar refractivity (Wildman–Crippen MR) is 75.7 cm³/mol. The van der Waals surface area contributed by atoms with Crippen LogP contribution in [0.15, 0.2) is 23.1 Å². The number of hydrogen-bond acceptors (Lipinski definition) is 6. The number of primary sulfonamides is 1. The summed E-state index contributed by atoms with van der Waals surface area (Å²) in [6.45, 7) is 0. The second-order valence-electron chi connectivity index (χ2n) is 3.50. The van der Waals surface area contributed by atoms with E-state index in [0.717, 1.165) is 17.4 Å². The largest absolute Gasteiger partial charge is 0.318 e. The number of carbonyl (C=O) groups excluding carboxylic acids is 1. The molecule has 0 aliphatic heterocycles. The second-order valence-corrected chi connectivity index (χ2v) is 7.03. The highest BCUT2D eigenvalue weighted by Gasteiger charge is 2.16. The molecule has 0 saturated heterocycles. The molecule has 1 heterocycles. The van der Waals surface area contributed by atoms with Gasteiger partial charge in [-0.25, -0.2) is 13.6 Å². The van der Waals surface area contributed by atoms with Crippen LogP contribution in [0.25, 0.3) is 0 Å². The van der Waals surface area contributed by atoms with Crippen LogP contribution in [-0.4, -0.2) is 24.5 Å². The smallest absolute Gasteiger partial charge is 0.286 e. The molecule has 11 heteroatoms. The summed E-state index contributed by atoms with van der Waals surface area (Å²) in [6.07, 6.45) is 0. The maximum Gasteiger partial charge on any atom is 0.286 e. The highest BCUT2D eigenvalue weighted by molar-refractivity contribution is 7.89. The lowest BCUT2D eigenvalue weighted by Crippen LogP contribution is -2.15. The van der Waals surface area contributed by atoms with Crippen LogP contribution in [-0.2, 0) is 10.0 Å². The van der Waals surface area contributed by atoms with Crippen LogP contribution in [0.5, 0.6) is 0 Å². The molecule has 1 aromatic heterocycles. The van der Waals surface area contributed by atoms with Crippen molar-refractivity contribution in [3.8, 4) is 0 Å². The van der Waals surface area contributed by atoms with E-state index in [4.69, 9.17) is 28.3 Å². The molecule has 0 spiro atoms. The SMILES string of the molecule is NS(=O)(=O)c1ccc(Cl)c(NC(=O)c2nnc(Cl)s2)c1. The molecule has 0 aliphatic carbocycles. The van der Waals surface area contributed by atoms with Crippen LogP contribution in [0.3, 0.4) is 0 Å². The normalized spacial score (nSPS) is 11.3. The third-order valence-corrected chi connectivity index (χ3v) is 4.37. The zero-order chi connectivity index (χ0) is 14.9. The molecular weight excluding hydrogens is 347 g/mol. The number of nitrogens with two attached hydrogens (primary N) is 1. The molecule has 3 N–H and O–H groups in total. The maximum atomic E-state index is 11.8. The van der Waals surface area contributed by atoms with Gasteiger partial charge in [-0.05, 0) is 29.8 Å². The first-order valence-electron chi connectivity index (χ1n) is 4.90. The van der Waals surface area contributed by atoms with Gasteiger partial charge in [-0.15, -0.1) is 10.2 Å². The van der Waals surface area contributed by atoms with E-state index in [0.29, 0.717) is 0 Å². The number of anilines is 1. The summed E-state index contributed by atoms with van der Waals surface area (Å²) in [4.78, 5) is 11.7. The Kier molecular flexibility index (Phi) is 4.25. The molecule has 2 aromatic rings. The Labute approximate surface area is 127 Å². The fourth-order valence-electron chi connectivity index (χ4n) is 1.25. The van der Waals surface area contributed by atoms with E-state index in [9.17, 15) is 13.2 Å². The van der Waals surface area contributed by atoms with E-state index >= 15 is 0 Å². The summed E-state index contributed by atoms with van der Waals surface area (Å²) in [6, 6.07) is 3.69. The van der Waals surface area contributed by atoms with Crippen molar-refractivity contribution in [3.05, 3.63) is 32.7 Å². The fourth-order valence-corrected chi connectivity index (χ4v) is 2.68. The third-order valence-electron chi connectivity index (χ3n) is 2.11.